The number of halogens is 2. The zero-order valence-corrected chi connectivity index (χ0v) is 13.7. The molecule has 5 nitrogen and oxygen atoms in total. The second kappa shape index (κ2) is 6.36. The molecule has 8 heteroatoms. The molecule has 0 radical (unpaired) electrons. The summed E-state index contributed by atoms with van der Waals surface area (Å²) in [5.74, 6) is -0.787. The molecule has 1 fully saturated rings. The molecule has 1 aliphatic rings. The number of sulfonamides is 1. The average molecular weight is 377 g/mol. The van der Waals surface area contributed by atoms with E-state index in [2.05, 4.69) is 20.9 Å². The average Bonchev–Trinajstić information content (AvgIpc) is 2.38. The zero-order valence-electron chi connectivity index (χ0n) is 11.3. The van der Waals surface area contributed by atoms with Crippen molar-refractivity contribution in [3.05, 3.63) is 28.5 Å². The third-order valence-electron chi connectivity index (χ3n) is 3.50. The lowest BCUT2D eigenvalue weighted by Gasteiger charge is -2.34. The van der Waals surface area contributed by atoms with Crippen LogP contribution < -0.4 is 0 Å². The van der Waals surface area contributed by atoms with Gasteiger partial charge in [-0.05, 0) is 38.0 Å². The van der Waals surface area contributed by atoms with E-state index in [1.165, 1.54) is 22.5 Å². The van der Waals surface area contributed by atoms with Crippen molar-refractivity contribution in [1.29, 1.82) is 0 Å². The van der Waals surface area contributed by atoms with Crippen LogP contribution in [0.25, 0.3) is 0 Å². The van der Waals surface area contributed by atoms with E-state index < -0.39 is 15.8 Å². The van der Waals surface area contributed by atoms with Gasteiger partial charge in [-0.25, -0.2) is 22.6 Å². The van der Waals surface area contributed by atoms with Crippen LogP contribution in [0.4, 0.5) is 4.39 Å². The summed E-state index contributed by atoms with van der Waals surface area (Å²) in [4.78, 5) is 13.6. The molecule has 114 valence electrons. The number of nitrogens with zero attached hydrogens (tertiary/aromatic N) is 2. The second-order valence-corrected chi connectivity index (χ2v) is 7.71. The van der Waals surface area contributed by atoms with Crippen LogP contribution in [0.3, 0.4) is 0 Å². The number of piperidine rings is 1. The first-order valence-electron chi connectivity index (χ1n) is 6.40. The van der Waals surface area contributed by atoms with Crippen molar-refractivity contribution >= 4 is 32.0 Å². The van der Waals surface area contributed by atoms with Gasteiger partial charge in [0.05, 0.1) is 6.04 Å². The predicted molar refractivity (Wildman–Crippen MR) is 78.6 cm³/mol. The molecule has 1 heterocycles. The maximum Gasteiger partial charge on any atom is 0.246 e. The Bertz CT molecular complexity index is 689. The highest BCUT2D eigenvalue weighted by Crippen LogP contribution is 2.28. The standard InChI is InChI=1S/C13H14BrFN2O3S/c1-9-6-11(16-8-18)4-5-17(9)21(19,20)13-3-2-10(14)7-12(13)15/h2-3,7,9,11H,4-6H2,1H3. The van der Waals surface area contributed by atoms with Crippen LogP contribution in [-0.4, -0.2) is 37.4 Å². The molecule has 1 aromatic rings. The van der Waals surface area contributed by atoms with E-state index in [1.54, 1.807) is 6.92 Å². The maximum atomic E-state index is 13.9. The lowest BCUT2D eigenvalue weighted by Crippen LogP contribution is -2.45. The number of rotatable bonds is 3. The Labute approximate surface area is 131 Å². The smallest absolute Gasteiger partial charge is 0.211 e. The summed E-state index contributed by atoms with van der Waals surface area (Å²) in [6.45, 7) is 1.93. The summed E-state index contributed by atoms with van der Waals surface area (Å²) >= 11 is 3.10. The summed E-state index contributed by atoms with van der Waals surface area (Å²) < 4.78 is 40.8. The molecule has 0 aliphatic carbocycles. The Morgan fingerprint density at radius 3 is 2.76 bits per heavy atom. The molecule has 0 amide bonds. The largest absolute Gasteiger partial charge is 0.246 e. The number of aliphatic imine (C=N–C) groups is 1. The van der Waals surface area contributed by atoms with Gasteiger partial charge in [-0.15, -0.1) is 0 Å². The van der Waals surface area contributed by atoms with Crippen LogP contribution in [-0.2, 0) is 14.8 Å². The van der Waals surface area contributed by atoms with Gasteiger partial charge in [-0.2, -0.15) is 4.31 Å². The quantitative estimate of drug-likeness (QED) is 0.601. The van der Waals surface area contributed by atoms with Gasteiger partial charge >= 0.3 is 0 Å². The maximum absolute atomic E-state index is 13.9. The summed E-state index contributed by atoms with van der Waals surface area (Å²) in [6.07, 6.45) is 2.35. The Kier molecular flexibility index (Phi) is 4.93. The molecule has 0 spiro atoms. The van der Waals surface area contributed by atoms with Crippen LogP contribution in [0.1, 0.15) is 19.8 Å². The van der Waals surface area contributed by atoms with Crippen molar-refractivity contribution < 1.29 is 17.6 Å². The third kappa shape index (κ3) is 3.40. The van der Waals surface area contributed by atoms with Gasteiger partial charge in [0, 0.05) is 17.1 Å². The number of hydrogen-bond donors (Lipinski definition) is 0. The minimum Gasteiger partial charge on any atom is -0.211 e. The molecule has 0 bridgehead atoms. The first kappa shape index (κ1) is 16.3. The normalized spacial score (nSPS) is 23.6. The van der Waals surface area contributed by atoms with E-state index >= 15 is 0 Å². The van der Waals surface area contributed by atoms with Gasteiger partial charge in [0.25, 0.3) is 0 Å². The van der Waals surface area contributed by atoms with Crippen molar-refractivity contribution in [3.63, 3.8) is 0 Å². The molecule has 2 unspecified atom stereocenters. The van der Waals surface area contributed by atoms with E-state index in [-0.39, 0.29) is 23.5 Å². The fourth-order valence-electron chi connectivity index (χ4n) is 2.49. The number of carbonyl (C=O) groups excluding carboxylic acids is 1. The van der Waals surface area contributed by atoms with Crippen molar-refractivity contribution in [2.75, 3.05) is 6.54 Å². The predicted octanol–water partition coefficient (Wildman–Crippen LogP) is 2.47. The van der Waals surface area contributed by atoms with Gasteiger partial charge in [0.2, 0.25) is 16.1 Å². The van der Waals surface area contributed by atoms with E-state index in [9.17, 15) is 17.6 Å². The molecule has 0 saturated carbocycles. The van der Waals surface area contributed by atoms with E-state index in [0.717, 1.165) is 6.07 Å². The highest BCUT2D eigenvalue weighted by molar-refractivity contribution is 9.10. The van der Waals surface area contributed by atoms with Gasteiger partial charge < -0.3 is 0 Å². The van der Waals surface area contributed by atoms with Gasteiger partial charge in [-0.1, -0.05) is 15.9 Å². The fourth-order valence-corrected chi connectivity index (χ4v) is 4.52. The highest BCUT2D eigenvalue weighted by Gasteiger charge is 2.35. The fraction of sp³-hybridized carbons (Fsp3) is 0.462. The Morgan fingerprint density at radius 2 is 2.19 bits per heavy atom. The highest BCUT2D eigenvalue weighted by atomic mass is 79.9. The van der Waals surface area contributed by atoms with E-state index in [4.69, 9.17) is 0 Å². The molecule has 2 atom stereocenters. The van der Waals surface area contributed by atoms with Crippen LogP contribution in [0.15, 0.2) is 32.6 Å². The Hall–Kier alpha value is -1.08. The Morgan fingerprint density at radius 1 is 1.48 bits per heavy atom. The van der Waals surface area contributed by atoms with Crippen molar-refractivity contribution in [2.24, 2.45) is 4.99 Å². The summed E-state index contributed by atoms with van der Waals surface area (Å²) in [5.41, 5.74) is 0. The topological polar surface area (TPSA) is 66.8 Å². The van der Waals surface area contributed by atoms with Gasteiger partial charge in [0.15, 0.2) is 0 Å². The van der Waals surface area contributed by atoms with Crippen molar-refractivity contribution in [3.8, 4) is 0 Å². The SMILES string of the molecule is CC1CC(N=C=O)CCN1S(=O)(=O)c1ccc(Br)cc1F. The summed E-state index contributed by atoms with van der Waals surface area (Å²) in [7, 11) is -3.90. The van der Waals surface area contributed by atoms with Crippen LogP contribution in [0.2, 0.25) is 0 Å². The van der Waals surface area contributed by atoms with Gasteiger partial charge in [0.1, 0.15) is 10.7 Å². The lowest BCUT2D eigenvalue weighted by atomic mass is 10.0. The van der Waals surface area contributed by atoms with Crippen LogP contribution in [0.5, 0.6) is 0 Å². The van der Waals surface area contributed by atoms with Gasteiger partial charge in [-0.3, -0.25) is 0 Å². The Balaban J connectivity index is 2.30. The monoisotopic (exact) mass is 376 g/mol. The molecule has 2 rings (SSSR count). The molecule has 1 aromatic carbocycles. The first-order valence-corrected chi connectivity index (χ1v) is 8.63. The van der Waals surface area contributed by atoms with Crippen molar-refractivity contribution in [1.82, 2.24) is 4.31 Å². The van der Waals surface area contributed by atoms with Crippen molar-refractivity contribution in [2.45, 2.75) is 36.7 Å². The van der Waals surface area contributed by atoms with Crippen LogP contribution in [0, 0.1) is 5.82 Å². The molecule has 1 aliphatic heterocycles. The number of hydrogen-bond acceptors (Lipinski definition) is 4. The second-order valence-electron chi connectivity index (χ2n) is 4.94. The first-order chi connectivity index (χ1) is 9.86. The molecule has 1 saturated heterocycles. The van der Waals surface area contributed by atoms with E-state index in [0.29, 0.717) is 17.3 Å². The minimum atomic E-state index is -3.90. The summed E-state index contributed by atoms with van der Waals surface area (Å²) in [5, 5.41) is 0. The van der Waals surface area contributed by atoms with E-state index in [1.807, 2.05) is 0 Å². The zero-order chi connectivity index (χ0) is 15.6. The molecule has 0 N–H and O–H groups in total. The molecule has 21 heavy (non-hydrogen) atoms. The summed E-state index contributed by atoms with van der Waals surface area (Å²) in [6, 6.07) is 3.29. The number of isocyanates is 1. The molecular weight excluding hydrogens is 363 g/mol. The molecule has 0 aromatic heterocycles. The molecular formula is C13H14BrFN2O3S. The lowest BCUT2D eigenvalue weighted by molar-refractivity contribution is 0.247. The van der Waals surface area contributed by atoms with Crippen LogP contribution >= 0.6 is 15.9 Å². The minimum absolute atomic E-state index is 0.203. The third-order valence-corrected chi connectivity index (χ3v) is 6.04. The number of benzene rings is 1.